The number of nitrogen functional groups attached to an aromatic ring is 1. The summed E-state index contributed by atoms with van der Waals surface area (Å²) in [5.41, 5.74) is 5.76. The van der Waals surface area contributed by atoms with E-state index in [4.69, 9.17) is 16.4 Å². The van der Waals surface area contributed by atoms with Crippen molar-refractivity contribution in [1.82, 2.24) is 19.5 Å². The molecule has 0 radical (unpaired) electrons. The highest BCUT2D eigenvalue weighted by molar-refractivity contribution is 5.70. The van der Waals surface area contributed by atoms with E-state index in [1.54, 1.807) is 4.57 Å². The largest absolute Gasteiger partial charge is 0.369 e. The summed E-state index contributed by atoms with van der Waals surface area (Å²) in [5, 5.41) is 0. The van der Waals surface area contributed by atoms with Crippen molar-refractivity contribution in [2.75, 3.05) is 12.3 Å². The smallest absolute Gasteiger partial charge is 0.280 e. The number of fused-ring (bicyclic) bond motifs is 1. The molecular weight excluding hydrogens is 264 g/mol. The molecule has 2 aromatic heterocycles. The molecule has 0 spiro atoms. The predicted molar refractivity (Wildman–Crippen MR) is 72.6 cm³/mol. The second-order valence-corrected chi connectivity index (χ2v) is 4.37. The number of imidazole rings is 1. The normalized spacial score (nSPS) is 14.6. The topological polar surface area (TPSA) is 134 Å². The van der Waals surface area contributed by atoms with Gasteiger partial charge in [0.1, 0.15) is 6.23 Å². The first-order chi connectivity index (χ1) is 9.56. The summed E-state index contributed by atoms with van der Waals surface area (Å²) < 4.78 is 7.44. The average Bonchev–Trinajstić information content (AvgIpc) is 2.82. The Morgan fingerprint density at radius 2 is 2.30 bits per heavy atom. The number of ether oxygens (including phenoxy) is 1. The standard InChI is InChI=1S/C11H18N6O3/c1-3-7(4-19-13)20-6(2)17-5-14-8-9(17)15-11(12)16-10(8)18/h5-7H,3-4,13H2,1-2H3,(H3,12,15,16,18). The first-order valence-electron chi connectivity index (χ1n) is 6.26. The van der Waals surface area contributed by atoms with Gasteiger partial charge in [-0.05, 0) is 13.3 Å². The van der Waals surface area contributed by atoms with Crippen molar-refractivity contribution >= 4 is 17.1 Å². The lowest BCUT2D eigenvalue weighted by Crippen LogP contribution is -2.25. The Morgan fingerprint density at radius 1 is 1.55 bits per heavy atom. The van der Waals surface area contributed by atoms with Crippen molar-refractivity contribution in [1.29, 1.82) is 0 Å². The fourth-order valence-corrected chi connectivity index (χ4v) is 1.91. The van der Waals surface area contributed by atoms with Crippen LogP contribution in [0.25, 0.3) is 11.2 Å². The number of nitrogens with zero attached hydrogens (tertiary/aromatic N) is 3. The van der Waals surface area contributed by atoms with E-state index < -0.39 is 0 Å². The monoisotopic (exact) mass is 282 g/mol. The van der Waals surface area contributed by atoms with Crippen LogP contribution in [-0.4, -0.2) is 32.2 Å². The number of nitrogens with two attached hydrogens (primary N) is 2. The minimum absolute atomic E-state index is 0.0359. The highest BCUT2D eigenvalue weighted by Crippen LogP contribution is 2.17. The van der Waals surface area contributed by atoms with Crippen molar-refractivity contribution < 1.29 is 9.57 Å². The third kappa shape index (κ3) is 2.79. The highest BCUT2D eigenvalue weighted by atomic mass is 16.6. The highest BCUT2D eigenvalue weighted by Gasteiger charge is 2.17. The van der Waals surface area contributed by atoms with E-state index >= 15 is 0 Å². The Labute approximate surface area is 114 Å². The first-order valence-corrected chi connectivity index (χ1v) is 6.26. The molecule has 2 heterocycles. The van der Waals surface area contributed by atoms with Gasteiger partial charge in [-0.1, -0.05) is 6.92 Å². The predicted octanol–water partition coefficient (Wildman–Crippen LogP) is -0.0942. The van der Waals surface area contributed by atoms with Gasteiger partial charge in [0, 0.05) is 0 Å². The van der Waals surface area contributed by atoms with Crippen LogP contribution in [0.4, 0.5) is 5.95 Å². The van der Waals surface area contributed by atoms with E-state index in [1.807, 2.05) is 13.8 Å². The molecule has 0 aromatic carbocycles. The molecule has 0 bridgehead atoms. The number of hydrogen-bond acceptors (Lipinski definition) is 7. The molecule has 5 N–H and O–H groups in total. The van der Waals surface area contributed by atoms with Gasteiger partial charge in [0.05, 0.1) is 19.0 Å². The Morgan fingerprint density at radius 3 is 2.95 bits per heavy atom. The fourth-order valence-electron chi connectivity index (χ4n) is 1.91. The van der Waals surface area contributed by atoms with Gasteiger partial charge in [-0.3, -0.25) is 14.3 Å². The summed E-state index contributed by atoms with van der Waals surface area (Å²) in [7, 11) is 0. The lowest BCUT2D eigenvalue weighted by molar-refractivity contribution is -0.0798. The van der Waals surface area contributed by atoms with Crippen LogP contribution in [0.15, 0.2) is 11.1 Å². The molecule has 0 fully saturated rings. The molecule has 110 valence electrons. The molecule has 2 aromatic rings. The van der Waals surface area contributed by atoms with Gasteiger partial charge in [0.15, 0.2) is 11.2 Å². The second kappa shape index (κ2) is 5.99. The van der Waals surface area contributed by atoms with Crippen molar-refractivity contribution in [2.24, 2.45) is 5.90 Å². The molecule has 20 heavy (non-hydrogen) atoms. The maximum Gasteiger partial charge on any atom is 0.280 e. The average molecular weight is 282 g/mol. The Hall–Kier alpha value is -1.97. The quantitative estimate of drug-likeness (QED) is 0.630. The van der Waals surface area contributed by atoms with Crippen LogP contribution in [-0.2, 0) is 9.57 Å². The molecule has 2 atom stereocenters. The summed E-state index contributed by atoms with van der Waals surface area (Å²) >= 11 is 0. The molecule has 2 unspecified atom stereocenters. The number of aromatic nitrogens is 4. The van der Waals surface area contributed by atoms with Crippen LogP contribution in [0.2, 0.25) is 0 Å². The minimum atomic E-state index is -0.381. The van der Waals surface area contributed by atoms with Gasteiger partial charge >= 0.3 is 0 Å². The van der Waals surface area contributed by atoms with Crippen LogP contribution in [0.3, 0.4) is 0 Å². The third-order valence-corrected chi connectivity index (χ3v) is 2.97. The molecule has 2 rings (SSSR count). The van der Waals surface area contributed by atoms with Crippen LogP contribution >= 0.6 is 0 Å². The number of rotatable bonds is 6. The molecular formula is C11H18N6O3. The lowest BCUT2D eigenvalue weighted by Gasteiger charge is -2.21. The molecule has 0 saturated heterocycles. The maximum atomic E-state index is 11.7. The molecule has 9 heteroatoms. The summed E-state index contributed by atoms with van der Waals surface area (Å²) in [6.07, 6.45) is 1.69. The zero-order chi connectivity index (χ0) is 14.7. The van der Waals surface area contributed by atoms with E-state index in [1.165, 1.54) is 6.33 Å². The summed E-state index contributed by atoms with van der Waals surface area (Å²) in [5.74, 6) is 5.09. The molecule has 9 nitrogen and oxygen atoms in total. The third-order valence-electron chi connectivity index (χ3n) is 2.97. The van der Waals surface area contributed by atoms with Crippen molar-refractivity contribution in [3.63, 3.8) is 0 Å². The van der Waals surface area contributed by atoms with Gasteiger partial charge in [-0.25, -0.2) is 10.9 Å². The van der Waals surface area contributed by atoms with E-state index in [9.17, 15) is 4.79 Å². The molecule has 0 amide bonds. The van der Waals surface area contributed by atoms with Crippen molar-refractivity contribution in [3.05, 3.63) is 16.7 Å². The first kappa shape index (κ1) is 14.4. The fraction of sp³-hybridized carbons (Fsp3) is 0.545. The SMILES string of the molecule is CCC(CON)OC(C)n1cnc2c(=O)[nH]c(N)nc21. The van der Waals surface area contributed by atoms with Crippen molar-refractivity contribution in [3.8, 4) is 0 Å². The zero-order valence-electron chi connectivity index (χ0n) is 11.4. The Bertz CT molecular complexity index is 637. The number of aromatic amines is 1. The summed E-state index contributed by atoms with van der Waals surface area (Å²) in [6.45, 7) is 4.06. The second-order valence-electron chi connectivity index (χ2n) is 4.37. The number of nitrogens with one attached hydrogen (secondary N) is 1. The van der Waals surface area contributed by atoms with E-state index in [0.29, 0.717) is 5.65 Å². The van der Waals surface area contributed by atoms with Crippen LogP contribution in [0.1, 0.15) is 26.5 Å². The van der Waals surface area contributed by atoms with Crippen LogP contribution < -0.4 is 17.2 Å². The molecule has 0 saturated carbocycles. The number of H-pyrrole nitrogens is 1. The Balaban J connectivity index is 2.30. The Kier molecular flexibility index (Phi) is 4.32. The van der Waals surface area contributed by atoms with E-state index in [-0.39, 0.29) is 36.0 Å². The van der Waals surface area contributed by atoms with E-state index in [2.05, 4.69) is 19.8 Å². The lowest BCUT2D eigenvalue weighted by atomic mass is 10.3. The van der Waals surface area contributed by atoms with Crippen LogP contribution in [0.5, 0.6) is 0 Å². The number of hydrogen-bond donors (Lipinski definition) is 3. The summed E-state index contributed by atoms with van der Waals surface area (Å²) in [6, 6.07) is 0. The minimum Gasteiger partial charge on any atom is -0.369 e. The van der Waals surface area contributed by atoms with Gasteiger partial charge < -0.3 is 15.3 Å². The molecule has 0 aliphatic carbocycles. The van der Waals surface area contributed by atoms with Crippen LogP contribution in [0, 0.1) is 0 Å². The molecule has 0 aliphatic rings. The summed E-state index contributed by atoms with van der Waals surface area (Å²) in [4.78, 5) is 26.8. The van der Waals surface area contributed by atoms with Crippen molar-refractivity contribution in [2.45, 2.75) is 32.6 Å². The maximum absolute atomic E-state index is 11.7. The zero-order valence-corrected chi connectivity index (χ0v) is 11.4. The van der Waals surface area contributed by atoms with Gasteiger partial charge in [-0.2, -0.15) is 4.98 Å². The van der Waals surface area contributed by atoms with Gasteiger partial charge in [0.2, 0.25) is 5.95 Å². The van der Waals surface area contributed by atoms with Gasteiger partial charge in [0.25, 0.3) is 5.56 Å². The van der Waals surface area contributed by atoms with E-state index in [0.717, 1.165) is 6.42 Å². The van der Waals surface area contributed by atoms with Gasteiger partial charge in [-0.15, -0.1) is 0 Å². The number of anilines is 1. The molecule has 0 aliphatic heterocycles.